The average Bonchev–Trinajstić information content (AvgIpc) is 2.83. The van der Waals surface area contributed by atoms with Crippen LogP contribution in [-0.2, 0) is 19.1 Å². The number of allylic oxidation sites excluding steroid dienone is 2. The number of esters is 1. The number of hydrogen-bond acceptors (Lipinski definition) is 7. The van der Waals surface area contributed by atoms with Gasteiger partial charge in [-0.3, -0.25) is 24.7 Å². The Labute approximate surface area is 197 Å². The van der Waals surface area contributed by atoms with E-state index in [1.807, 2.05) is 30.3 Å². The number of aliphatic imine (C=N–C) groups is 1. The summed E-state index contributed by atoms with van der Waals surface area (Å²) in [6.45, 7) is 2.10. The summed E-state index contributed by atoms with van der Waals surface area (Å²) in [6.07, 6.45) is 0.893. The molecule has 0 fully saturated rings. The van der Waals surface area contributed by atoms with Crippen molar-refractivity contribution >= 4 is 23.2 Å². The Morgan fingerprint density at radius 2 is 1.76 bits per heavy atom. The smallest absolute Gasteiger partial charge is 0.315 e. The number of hydrogen-bond donors (Lipinski definition) is 0. The summed E-state index contributed by atoms with van der Waals surface area (Å²) in [5.74, 6) is -1.97. The SMILES string of the molecule is COCCOC(=O)C1C(C)=NC2=C(C(=O)C[C@@H](c3ccccc3)C2)[C@H]1c1ccc([N+](=O)[O-])cc1. The number of nitro benzene ring substituents is 1. The Bertz CT molecular complexity index is 1150. The van der Waals surface area contributed by atoms with E-state index in [1.54, 1.807) is 19.1 Å². The van der Waals surface area contributed by atoms with Gasteiger partial charge in [-0.05, 0) is 30.4 Å². The zero-order chi connectivity index (χ0) is 24.2. The first-order valence-corrected chi connectivity index (χ1v) is 11.2. The molecule has 1 unspecified atom stereocenters. The van der Waals surface area contributed by atoms with Crippen LogP contribution in [0, 0.1) is 16.0 Å². The van der Waals surface area contributed by atoms with Crippen molar-refractivity contribution in [2.75, 3.05) is 20.3 Å². The molecule has 8 nitrogen and oxygen atoms in total. The minimum Gasteiger partial charge on any atom is -0.463 e. The predicted molar refractivity (Wildman–Crippen MR) is 126 cm³/mol. The van der Waals surface area contributed by atoms with Gasteiger partial charge >= 0.3 is 5.97 Å². The average molecular weight is 463 g/mol. The number of Topliss-reactive ketones (excluding diaryl/α,β-unsaturated/α-hetero) is 1. The fraction of sp³-hybridized carbons (Fsp3) is 0.346. The van der Waals surface area contributed by atoms with E-state index in [2.05, 4.69) is 0 Å². The standard InChI is InChI=1S/C26H26N2O6/c1-16-23(26(30)34-13-12-33-2)24(18-8-10-20(11-9-18)28(31)32)25-21(27-16)14-19(15-22(25)29)17-6-4-3-5-7-17/h3-11,19,23-24H,12-15H2,1-2H3/t19-,23?,24-/m0/s1. The molecule has 0 N–H and O–H groups in total. The maximum absolute atomic E-state index is 13.5. The molecule has 0 bridgehead atoms. The van der Waals surface area contributed by atoms with Gasteiger partial charge in [0.25, 0.3) is 5.69 Å². The van der Waals surface area contributed by atoms with Crippen molar-refractivity contribution in [3.8, 4) is 0 Å². The van der Waals surface area contributed by atoms with Crippen molar-refractivity contribution in [3.63, 3.8) is 0 Å². The molecule has 2 aromatic carbocycles. The molecule has 2 aromatic rings. The lowest BCUT2D eigenvalue weighted by Crippen LogP contribution is -2.38. The number of ketones is 1. The lowest BCUT2D eigenvalue weighted by molar-refractivity contribution is -0.384. The molecule has 8 heteroatoms. The Morgan fingerprint density at radius 3 is 2.41 bits per heavy atom. The summed E-state index contributed by atoms with van der Waals surface area (Å²) in [6, 6.07) is 15.9. The van der Waals surface area contributed by atoms with Crippen molar-refractivity contribution in [1.82, 2.24) is 0 Å². The van der Waals surface area contributed by atoms with Gasteiger partial charge < -0.3 is 9.47 Å². The van der Waals surface area contributed by atoms with Crippen molar-refractivity contribution in [2.24, 2.45) is 10.9 Å². The number of carbonyl (C=O) groups is 2. The molecule has 0 radical (unpaired) electrons. The van der Waals surface area contributed by atoms with Crippen LogP contribution in [0.5, 0.6) is 0 Å². The molecule has 4 rings (SSSR count). The zero-order valence-electron chi connectivity index (χ0n) is 19.1. The molecule has 0 saturated carbocycles. The number of nitro groups is 1. The molecule has 0 saturated heterocycles. The summed E-state index contributed by atoms with van der Waals surface area (Å²) in [5.41, 5.74) is 3.39. The van der Waals surface area contributed by atoms with Crippen molar-refractivity contribution in [3.05, 3.63) is 87.1 Å². The second-order valence-electron chi connectivity index (χ2n) is 8.52. The Kier molecular flexibility index (Phi) is 6.98. The molecule has 3 atom stereocenters. The van der Waals surface area contributed by atoms with E-state index < -0.39 is 22.7 Å². The van der Waals surface area contributed by atoms with E-state index in [0.29, 0.717) is 35.4 Å². The highest BCUT2D eigenvalue weighted by molar-refractivity contribution is 6.09. The minimum atomic E-state index is -0.797. The number of ether oxygens (including phenoxy) is 2. The number of methoxy groups -OCH3 is 1. The lowest BCUT2D eigenvalue weighted by atomic mass is 9.69. The predicted octanol–water partition coefficient (Wildman–Crippen LogP) is 4.36. The van der Waals surface area contributed by atoms with Gasteiger partial charge in [0.2, 0.25) is 0 Å². The Hall–Kier alpha value is -3.65. The van der Waals surface area contributed by atoms with Gasteiger partial charge in [-0.25, -0.2) is 0 Å². The molecule has 1 aliphatic carbocycles. The zero-order valence-corrected chi connectivity index (χ0v) is 19.1. The van der Waals surface area contributed by atoms with Crippen LogP contribution in [0.2, 0.25) is 0 Å². The van der Waals surface area contributed by atoms with E-state index in [1.165, 1.54) is 19.2 Å². The second kappa shape index (κ2) is 10.1. The van der Waals surface area contributed by atoms with Crippen LogP contribution in [0.25, 0.3) is 0 Å². The highest BCUT2D eigenvalue weighted by atomic mass is 16.6. The van der Waals surface area contributed by atoms with E-state index in [4.69, 9.17) is 14.5 Å². The van der Waals surface area contributed by atoms with Crippen LogP contribution in [0.15, 0.2) is 70.9 Å². The van der Waals surface area contributed by atoms with Gasteiger partial charge in [0.15, 0.2) is 5.78 Å². The monoisotopic (exact) mass is 462 g/mol. The fourth-order valence-electron chi connectivity index (χ4n) is 4.80. The van der Waals surface area contributed by atoms with Gasteiger partial charge in [0.05, 0.1) is 11.5 Å². The number of benzene rings is 2. The van der Waals surface area contributed by atoms with E-state index in [9.17, 15) is 19.7 Å². The number of carbonyl (C=O) groups excluding carboxylic acids is 2. The van der Waals surface area contributed by atoms with E-state index in [-0.39, 0.29) is 30.6 Å². The summed E-state index contributed by atoms with van der Waals surface area (Å²) in [7, 11) is 1.52. The quantitative estimate of drug-likeness (QED) is 0.262. The maximum atomic E-state index is 13.5. The molecular weight excluding hydrogens is 436 g/mol. The van der Waals surface area contributed by atoms with Crippen molar-refractivity contribution < 1.29 is 24.0 Å². The second-order valence-corrected chi connectivity index (χ2v) is 8.52. The van der Waals surface area contributed by atoms with Gasteiger partial charge in [-0.2, -0.15) is 0 Å². The molecule has 34 heavy (non-hydrogen) atoms. The Balaban J connectivity index is 1.75. The first-order chi connectivity index (χ1) is 16.4. The first kappa shape index (κ1) is 23.5. The summed E-state index contributed by atoms with van der Waals surface area (Å²) >= 11 is 0. The third-order valence-corrected chi connectivity index (χ3v) is 6.41. The molecule has 0 aromatic heterocycles. The molecule has 0 amide bonds. The Morgan fingerprint density at radius 1 is 1.06 bits per heavy atom. The number of non-ortho nitro benzene ring substituents is 1. The highest BCUT2D eigenvalue weighted by Gasteiger charge is 2.44. The molecule has 1 heterocycles. The molecule has 0 spiro atoms. The minimum absolute atomic E-state index is 0.00622. The van der Waals surface area contributed by atoms with Crippen LogP contribution in [0.3, 0.4) is 0 Å². The van der Waals surface area contributed by atoms with Crippen LogP contribution in [-0.4, -0.2) is 42.7 Å². The first-order valence-electron chi connectivity index (χ1n) is 11.2. The lowest BCUT2D eigenvalue weighted by Gasteiger charge is -2.36. The van der Waals surface area contributed by atoms with Gasteiger partial charge in [-0.15, -0.1) is 0 Å². The summed E-state index contributed by atoms with van der Waals surface area (Å²) in [5, 5.41) is 11.1. The number of rotatable bonds is 7. The molecule has 176 valence electrons. The third kappa shape index (κ3) is 4.68. The maximum Gasteiger partial charge on any atom is 0.315 e. The van der Waals surface area contributed by atoms with Gasteiger partial charge in [-0.1, -0.05) is 42.5 Å². The normalized spacial score (nSPS) is 22.1. The van der Waals surface area contributed by atoms with Gasteiger partial charge in [0.1, 0.15) is 12.5 Å². The molecule has 2 aliphatic rings. The van der Waals surface area contributed by atoms with Crippen molar-refractivity contribution in [1.29, 1.82) is 0 Å². The summed E-state index contributed by atoms with van der Waals surface area (Å²) in [4.78, 5) is 42.0. The number of nitrogens with zero attached hydrogens (tertiary/aromatic N) is 2. The molecule has 1 aliphatic heterocycles. The summed E-state index contributed by atoms with van der Waals surface area (Å²) < 4.78 is 10.4. The largest absolute Gasteiger partial charge is 0.463 e. The fourth-order valence-corrected chi connectivity index (χ4v) is 4.80. The highest BCUT2D eigenvalue weighted by Crippen LogP contribution is 2.47. The van der Waals surface area contributed by atoms with E-state index in [0.717, 1.165) is 5.56 Å². The van der Waals surface area contributed by atoms with Crippen molar-refractivity contribution in [2.45, 2.75) is 31.6 Å². The van der Waals surface area contributed by atoms with Crippen LogP contribution in [0.4, 0.5) is 5.69 Å². The third-order valence-electron chi connectivity index (χ3n) is 6.41. The van der Waals surface area contributed by atoms with Crippen LogP contribution in [0.1, 0.15) is 42.7 Å². The van der Waals surface area contributed by atoms with E-state index >= 15 is 0 Å². The van der Waals surface area contributed by atoms with Crippen LogP contribution >= 0.6 is 0 Å². The van der Waals surface area contributed by atoms with Crippen LogP contribution < -0.4 is 0 Å². The van der Waals surface area contributed by atoms with Gasteiger partial charge in [0, 0.05) is 48.6 Å². The topological polar surface area (TPSA) is 108 Å². The molecular formula is C26H26N2O6.